The minimum absolute atomic E-state index is 0.209. The summed E-state index contributed by atoms with van der Waals surface area (Å²) in [5.74, 6) is 0. The minimum Gasteiger partial charge on any atom is -0.341 e. The van der Waals surface area contributed by atoms with Crippen molar-refractivity contribution in [3.8, 4) is 0 Å². The van der Waals surface area contributed by atoms with Crippen LogP contribution in [0.2, 0.25) is 0 Å². The summed E-state index contributed by atoms with van der Waals surface area (Å²) >= 11 is 0. The van der Waals surface area contributed by atoms with Gasteiger partial charge in [0.15, 0.2) is 4.99 Å². The maximum Gasteiger partial charge on any atom is 0.239 e. The van der Waals surface area contributed by atoms with Crippen LogP contribution < -0.4 is 5.32 Å². The lowest BCUT2D eigenvalue weighted by Crippen LogP contribution is -2.17. The van der Waals surface area contributed by atoms with Gasteiger partial charge in [-0.3, -0.25) is 0 Å². The predicted molar refractivity (Wildman–Crippen MR) is 57.0 cm³/mol. The van der Waals surface area contributed by atoms with Crippen molar-refractivity contribution in [1.82, 2.24) is 0 Å². The lowest BCUT2D eigenvalue weighted by molar-refractivity contribution is 0.625. The van der Waals surface area contributed by atoms with Crippen LogP contribution in [0.1, 0.15) is 5.56 Å². The molecule has 0 bridgehead atoms. The summed E-state index contributed by atoms with van der Waals surface area (Å²) in [5.41, 5.74) is 0.862. The van der Waals surface area contributed by atoms with Gasteiger partial charge in [-0.1, -0.05) is 18.2 Å². The molecular weight excluding hydrogens is 238 g/mol. The molecule has 0 fully saturated rings. The number of nitrogens with one attached hydrogen (secondary N) is 1. The summed E-state index contributed by atoms with van der Waals surface area (Å²) in [6.07, 6.45) is 0. The van der Waals surface area contributed by atoms with Gasteiger partial charge in [-0.15, -0.1) is 0 Å². The maximum absolute atomic E-state index is 10.9. The van der Waals surface area contributed by atoms with E-state index in [1.54, 1.807) is 24.3 Å². The van der Waals surface area contributed by atoms with Crippen LogP contribution in [0.25, 0.3) is 0 Å². The SMILES string of the molecule is O=S(=O)=C1Nc2ccccc2C1=S(=O)=O. The van der Waals surface area contributed by atoms with Gasteiger partial charge >= 0.3 is 0 Å². The Balaban J connectivity index is 2.93. The van der Waals surface area contributed by atoms with Crippen LogP contribution in [0.15, 0.2) is 24.3 Å². The first-order chi connectivity index (χ1) is 7.11. The highest BCUT2D eigenvalue weighted by Gasteiger charge is 2.26. The van der Waals surface area contributed by atoms with Crippen molar-refractivity contribution in [3.05, 3.63) is 29.8 Å². The lowest BCUT2D eigenvalue weighted by Gasteiger charge is -1.93. The van der Waals surface area contributed by atoms with Gasteiger partial charge < -0.3 is 5.32 Å². The number of hydrogen-bond acceptors (Lipinski definition) is 4. The van der Waals surface area contributed by atoms with Crippen molar-refractivity contribution in [2.45, 2.75) is 0 Å². The fourth-order valence-corrected chi connectivity index (χ4v) is 2.80. The number of rotatable bonds is 0. The molecule has 0 atom stereocenters. The first kappa shape index (κ1) is 9.94. The van der Waals surface area contributed by atoms with E-state index in [4.69, 9.17) is 0 Å². The van der Waals surface area contributed by atoms with Gasteiger partial charge in [0.25, 0.3) is 0 Å². The highest BCUT2D eigenvalue weighted by atomic mass is 32.2. The van der Waals surface area contributed by atoms with Gasteiger partial charge in [-0.05, 0) is 6.07 Å². The van der Waals surface area contributed by atoms with Crippen molar-refractivity contribution in [2.75, 3.05) is 5.32 Å². The molecule has 0 spiro atoms. The van der Waals surface area contributed by atoms with Gasteiger partial charge in [-0.2, -0.15) is 16.8 Å². The van der Waals surface area contributed by atoms with Crippen LogP contribution in [0, 0.1) is 0 Å². The first-order valence-corrected chi connectivity index (χ1v) is 6.05. The smallest absolute Gasteiger partial charge is 0.239 e. The van der Waals surface area contributed by atoms with Crippen LogP contribution in [0.5, 0.6) is 0 Å². The lowest BCUT2D eigenvalue weighted by atomic mass is 10.2. The molecule has 0 unspecified atom stereocenters. The van der Waals surface area contributed by atoms with Crippen LogP contribution in [0.3, 0.4) is 0 Å². The third kappa shape index (κ3) is 1.55. The number of hydrogen-bond donors (Lipinski definition) is 1. The second-order valence-electron chi connectivity index (χ2n) is 2.80. The van der Waals surface area contributed by atoms with Crippen molar-refractivity contribution in [1.29, 1.82) is 0 Å². The molecule has 0 amide bonds. The molecule has 0 radical (unpaired) electrons. The first-order valence-electron chi connectivity index (χ1n) is 3.90. The molecule has 15 heavy (non-hydrogen) atoms. The third-order valence-electron chi connectivity index (χ3n) is 1.96. The zero-order valence-electron chi connectivity index (χ0n) is 7.26. The van der Waals surface area contributed by atoms with Gasteiger partial charge in [0.05, 0.1) is 0 Å². The fraction of sp³-hybridized carbons (Fsp3) is 0. The Morgan fingerprint density at radius 1 is 0.933 bits per heavy atom. The predicted octanol–water partition coefficient (Wildman–Crippen LogP) is -0.479. The van der Waals surface area contributed by atoms with Crippen LogP contribution in [-0.2, 0) is 20.6 Å². The van der Waals surface area contributed by atoms with Gasteiger partial charge in [0, 0.05) is 11.3 Å². The Labute approximate surface area is 88.4 Å². The summed E-state index contributed by atoms with van der Waals surface area (Å²) in [5, 5.41) is 2.54. The molecule has 1 aromatic carbocycles. The highest BCUT2D eigenvalue weighted by molar-refractivity contribution is 7.83. The van der Waals surface area contributed by atoms with E-state index >= 15 is 0 Å². The molecular formula is C8H5NO4S2. The van der Waals surface area contributed by atoms with E-state index in [1.807, 2.05) is 0 Å². The highest BCUT2D eigenvalue weighted by Crippen LogP contribution is 2.22. The van der Waals surface area contributed by atoms with Crippen molar-refractivity contribution < 1.29 is 16.8 Å². The average molecular weight is 243 g/mol. The Kier molecular flexibility index (Phi) is 2.33. The summed E-state index contributed by atoms with van der Waals surface area (Å²) in [4.78, 5) is -0.511. The number of anilines is 1. The number of benzene rings is 1. The van der Waals surface area contributed by atoms with E-state index < -0.39 is 20.6 Å². The molecule has 0 aliphatic carbocycles. The molecule has 1 N–H and O–H groups in total. The molecule has 78 valence electrons. The van der Waals surface area contributed by atoms with E-state index in [1.165, 1.54) is 0 Å². The van der Waals surface area contributed by atoms with Gasteiger partial charge in [0.1, 0.15) is 4.86 Å². The van der Waals surface area contributed by atoms with Crippen LogP contribution in [-0.4, -0.2) is 26.7 Å². The van der Waals surface area contributed by atoms with Crippen LogP contribution in [0.4, 0.5) is 5.69 Å². The van der Waals surface area contributed by atoms with E-state index in [2.05, 4.69) is 5.32 Å². The fourth-order valence-electron chi connectivity index (χ4n) is 1.37. The second kappa shape index (κ2) is 3.52. The molecule has 1 aliphatic heterocycles. The summed E-state index contributed by atoms with van der Waals surface area (Å²) < 4.78 is 43.4. The van der Waals surface area contributed by atoms with Crippen LogP contribution >= 0.6 is 0 Å². The minimum atomic E-state index is -2.59. The Bertz CT molecular complexity index is 682. The van der Waals surface area contributed by atoms with Crippen molar-refractivity contribution in [3.63, 3.8) is 0 Å². The molecule has 1 aliphatic rings. The van der Waals surface area contributed by atoms with E-state index in [9.17, 15) is 16.8 Å². The molecule has 7 heteroatoms. The largest absolute Gasteiger partial charge is 0.341 e. The zero-order chi connectivity index (χ0) is 11.0. The number of para-hydroxylation sites is 1. The molecule has 1 aromatic rings. The Hall–Kier alpha value is -1.60. The molecule has 1 heterocycles. The standard InChI is InChI=1S/C8H5NO4S2/c10-14(11)7-5-3-1-2-4-6(5)9-8(7)15(12)13/h1-4,9H. The average Bonchev–Trinajstić information content (AvgIpc) is 2.56. The summed E-state index contributed by atoms with van der Waals surface area (Å²) in [6, 6.07) is 6.49. The number of fused-ring (bicyclic) bond motifs is 1. The molecule has 2 rings (SSSR count). The molecule has 0 saturated heterocycles. The normalized spacial score (nSPS) is 13.3. The van der Waals surface area contributed by atoms with E-state index in [-0.39, 0.29) is 9.85 Å². The molecule has 5 nitrogen and oxygen atoms in total. The maximum atomic E-state index is 10.9. The Morgan fingerprint density at radius 3 is 2.20 bits per heavy atom. The summed E-state index contributed by atoms with van der Waals surface area (Å²) in [7, 11) is -5.17. The third-order valence-corrected chi connectivity index (χ3v) is 3.49. The molecule has 0 saturated carbocycles. The Morgan fingerprint density at radius 2 is 1.60 bits per heavy atom. The van der Waals surface area contributed by atoms with E-state index in [0.717, 1.165) is 0 Å². The van der Waals surface area contributed by atoms with Gasteiger partial charge in [0.2, 0.25) is 20.6 Å². The second-order valence-corrected chi connectivity index (χ2v) is 4.55. The van der Waals surface area contributed by atoms with E-state index in [0.29, 0.717) is 11.3 Å². The molecule has 0 aromatic heterocycles. The summed E-state index contributed by atoms with van der Waals surface area (Å²) in [6.45, 7) is 0. The van der Waals surface area contributed by atoms with Crippen molar-refractivity contribution in [2.24, 2.45) is 0 Å². The monoisotopic (exact) mass is 243 g/mol. The quantitative estimate of drug-likeness (QED) is 0.622. The zero-order valence-corrected chi connectivity index (χ0v) is 8.89. The van der Waals surface area contributed by atoms with Gasteiger partial charge in [-0.25, -0.2) is 0 Å². The van der Waals surface area contributed by atoms with Crippen molar-refractivity contribution >= 4 is 36.1 Å². The topological polar surface area (TPSA) is 80.3 Å².